The molecule has 2 aromatic rings. The zero-order chi connectivity index (χ0) is 27.8. The van der Waals surface area contributed by atoms with E-state index >= 15 is 0 Å². The van der Waals surface area contributed by atoms with Crippen LogP contribution >= 0.6 is 0 Å². The number of benzene rings is 1. The molecule has 9 nitrogen and oxygen atoms in total. The number of ether oxygens (including phenoxy) is 3. The van der Waals surface area contributed by atoms with Crippen LogP contribution in [0.3, 0.4) is 0 Å². The average molecular weight is 556 g/mol. The van der Waals surface area contributed by atoms with Crippen LogP contribution < -0.4 is 14.8 Å². The summed E-state index contributed by atoms with van der Waals surface area (Å²) in [7, 11) is 0. The normalized spacial score (nSPS) is 31.1. The number of cyclic esters (lactones) is 1. The first kappa shape index (κ1) is 24.0. The SMILES string of the molecule is CC[C@@]1(O)C(=O)OCC2=C1C=C1c3nc4cc5c(cc4c(C46CC(NC(=O)C(F)(F)F)(C4)C6)c3CN1C2)OCO5. The molecule has 1 atom stereocenters. The van der Waals surface area contributed by atoms with Gasteiger partial charge >= 0.3 is 18.1 Å². The lowest BCUT2D eigenvalue weighted by molar-refractivity contribution is -0.185. The van der Waals surface area contributed by atoms with E-state index in [0.29, 0.717) is 60.6 Å². The molecule has 4 aliphatic heterocycles. The van der Waals surface area contributed by atoms with Crippen molar-refractivity contribution in [2.75, 3.05) is 19.9 Å². The van der Waals surface area contributed by atoms with E-state index in [9.17, 15) is 27.9 Å². The van der Waals surface area contributed by atoms with Gasteiger partial charge in [0.25, 0.3) is 0 Å². The Kier molecular flexibility index (Phi) is 4.37. The molecule has 3 fully saturated rings. The fraction of sp³-hybridized carbons (Fsp3) is 0.464. The molecule has 7 aliphatic rings. The highest BCUT2D eigenvalue weighted by atomic mass is 19.4. The van der Waals surface area contributed by atoms with Gasteiger partial charge in [0.05, 0.1) is 16.9 Å². The van der Waals surface area contributed by atoms with E-state index in [-0.39, 0.29) is 19.8 Å². The molecule has 12 heteroatoms. The predicted molar refractivity (Wildman–Crippen MR) is 132 cm³/mol. The summed E-state index contributed by atoms with van der Waals surface area (Å²) in [6.07, 6.45) is -1.75. The minimum absolute atomic E-state index is 0.0833. The van der Waals surface area contributed by atoms with Crippen LogP contribution in [0.4, 0.5) is 13.2 Å². The monoisotopic (exact) mass is 555 g/mol. The summed E-state index contributed by atoms with van der Waals surface area (Å²) >= 11 is 0. The number of carbonyl (C=O) groups excluding carboxylic acids is 2. The number of esters is 1. The van der Waals surface area contributed by atoms with E-state index in [0.717, 1.165) is 27.8 Å². The largest absolute Gasteiger partial charge is 0.471 e. The maximum atomic E-state index is 13.0. The van der Waals surface area contributed by atoms with Gasteiger partial charge in [-0.3, -0.25) is 4.79 Å². The van der Waals surface area contributed by atoms with Crippen LogP contribution in [0, 0.1) is 0 Å². The van der Waals surface area contributed by atoms with Gasteiger partial charge in [-0.2, -0.15) is 13.2 Å². The number of rotatable bonds is 3. The zero-order valence-electron chi connectivity index (χ0n) is 21.4. The lowest BCUT2D eigenvalue weighted by Crippen LogP contribution is -2.77. The lowest BCUT2D eigenvalue weighted by atomic mass is 9.37. The molecule has 0 spiro atoms. The van der Waals surface area contributed by atoms with Crippen molar-refractivity contribution in [3.63, 3.8) is 0 Å². The number of fused-ring (bicyclic) bond motifs is 5. The van der Waals surface area contributed by atoms with Crippen molar-refractivity contribution in [1.29, 1.82) is 0 Å². The van der Waals surface area contributed by atoms with Gasteiger partial charge in [-0.15, -0.1) is 0 Å². The number of hydrogen-bond acceptors (Lipinski definition) is 8. The number of aliphatic hydroxyl groups is 1. The Morgan fingerprint density at radius 3 is 2.58 bits per heavy atom. The summed E-state index contributed by atoms with van der Waals surface area (Å²) in [5, 5.41) is 14.3. The number of aromatic nitrogens is 1. The molecule has 0 saturated heterocycles. The molecule has 9 rings (SSSR count). The van der Waals surface area contributed by atoms with Gasteiger partial charge in [0.1, 0.15) is 6.61 Å². The van der Waals surface area contributed by atoms with Gasteiger partial charge in [0.2, 0.25) is 6.79 Å². The minimum Gasteiger partial charge on any atom is -0.459 e. The summed E-state index contributed by atoms with van der Waals surface area (Å²) in [5.74, 6) is -1.44. The molecule has 5 heterocycles. The van der Waals surface area contributed by atoms with Crippen LogP contribution in [-0.2, 0) is 26.3 Å². The van der Waals surface area contributed by atoms with Crippen LogP contribution in [-0.4, -0.2) is 64.1 Å². The minimum atomic E-state index is -4.93. The van der Waals surface area contributed by atoms with Crippen LogP contribution in [0.5, 0.6) is 11.5 Å². The molecule has 1 aromatic heterocycles. The lowest BCUT2D eigenvalue weighted by Gasteiger charge is -2.71. The highest BCUT2D eigenvalue weighted by molar-refractivity contribution is 5.94. The van der Waals surface area contributed by atoms with Crippen LogP contribution in [0.25, 0.3) is 16.6 Å². The average Bonchev–Trinajstić information content (AvgIpc) is 3.47. The van der Waals surface area contributed by atoms with Crippen molar-refractivity contribution >= 4 is 28.5 Å². The smallest absolute Gasteiger partial charge is 0.459 e. The summed E-state index contributed by atoms with van der Waals surface area (Å²) in [4.78, 5) is 31.4. The summed E-state index contributed by atoms with van der Waals surface area (Å²) in [5.41, 5.74) is 2.46. The van der Waals surface area contributed by atoms with Gasteiger partial charge in [-0.1, -0.05) is 6.92 Å². The second-order valence-corrected chi connectivity index (χ2v) is 11.8. The third-order valence-corrected chi connectivity index (χ3v) is 9.43. The molecule has 40 heavy (non-hydrogen) atoms. The van der Waals surface area contributed by atoms with Gasteiger partial charge in [0.15, 0.2) is 17.1 Å². The topological polar surface area (TPSA) is 110 Å². The van der Waals surface area contributed by atoms with E-state index in [1.807, 2.05) is 18.2 Å². The highest BCUT2D eigenvalue weighted by Crippen LogP contribution is 2.70. The Morgan fingerprint density at radius 1 is 1.15 bits per heavy atom. The van der Waals surface area contributed by atoms with Crippen molar-refractivity contribution < 1.29 is 42.1 Å². The number of halogens is 3. The Labute approximate surface area is 225 Å². The number of carbonyl (C=O) groups is 2. The molecule has 3 aliphatic carbocycles. The maximum Gasteiger partial charge on any atom is 0.471 e. The van der Waals surface area contributed by atoms with Crippen molar-refractivity contribution in [3.8, 4) is 11.5 Å². The summed E-state index contributed by atoms with van der Waals surface area (Å²) in [6.45, 7) is 2.87. The molecule has 208 valence electrons. The van der Waals surface area contributed by atoms with Crippen LogP contribution in [0.1, 0.15) is 49.4 Å². The van der Waals surface area contributed by atoms with Crippen molar-refractivity contribution in [1.82, 2.24) is 15.2 Å². The highest BCUT2D eigenvalue weighted by Gasteiger charge is 2.71. The van der Waals surface area contributed by atoms with E-state index in [1.54, 1.807) is 6.92 Å². The van der Waals surface area contributed by atoms with Crippen molar-refractivity contribution in [2.45, 2.75) is 61.9 Å². The second kappa shape index (κ2) is 7.28. The summed E-state index contributed by atoms with van der Waals surface area (Å²) in [6, 6.07) is 3.70. The Balaban J connectivity index is 1.26. The van der Waals surface area contributed by atoms with E-state index in [2.05, 4.69) is 10.2 Å². The number of alkyl halides is 3. The maximum absolute atomic E-state index is 13.0. The van der Waals surface area contributed by atoms with E-state index in [4.69, 9.17) is 19.2 Å². The fourth-order valence-electron chi connectivity index (χ4n) is 7.69. The van der Waals surface area contributed by atoms with Crippen molar-refractivity contribution in [2.24, 2.45) is 0 Å². The van der Waals surface area contributed by atoms with Gasteiger partial charge in [0, 0.05) is 46.6 Å². The van der Waals surface area contributed by atoms with Gasteiger partial charge in [-0.25, -0.2) is 9.78 Å². The van der Waals surface area contributed by atoms with Gasteiger partial charge in [-0.05, 0) is 49.0 Å². The Morgan fingerprint density at radius 2 is 1.88 bits per heavy atom. The number of pyridine rings is 1. The van der Waals surface area contributed by atoms with Gasteiger partial charge < -0.3 is 29.5 Å². The molecular formula is C28H24F3N3O6. The number of amides is 1. The number of nitrogens with one attached hydrogen (secondary N) is 1. The van der Waals surface area contributed by atoms with E-state index in [1.165, 1.54) is 0 Å². The Hall–Kier alpha value is -3.80. The quantitative estimate of drug-likeness (QED) is 0.557. The van der Waals surface area contributed by atoms with E-state index < -0.39 is 34.6 Å². The predicted octanol–water partition coefficient (Wildman–Crippen LogP) is 2.98. The molecular weight excluding hydrogens is 531 g/mol. The summed E-state index contributed by atoms with van der Waals surface area (Å²) < 4.78 is 55.5. The zero-order valence-corrected chi connectivity index (χ0v) is 21.4. The first-order valence-corrected chi connectivity index (χ1v) is 13.2. The molecule has 1 amide bonds. The molecule has 2 N–H and O–H groups in total. The fourth-order valence-corrected chi connectivity index (χ4v) is 7.69. The third kappa shape index (κ3) is 2.94. The number of nitrogens with zero attached hydrogens (tertiary/aromatic N) is 2. The molecule has 2 bridgehead atoms. The second-order valence-electron chi connectivity index (χ2n) is 11.8. The molecule has 0 unspecified atom stereocenters. The first-order chi connectivity index (χ1) is 19.0. The number of hydrogen-bond donors (Lipinski definition) is 2. The standard InChI is InChI=1S/C28H24F3N3O6/c1-2-27(37)16-4-18-22-15(7-34(18)6-13(16)8-38-24(27)36)21(14-3-19-20(40-12-39-19)5-17(14)32-22)25-9-26(10-25,11-25)33-23(35)28(29,30)31/h3-5,37H,2,6-12H2,1H3,(H,33,35)/t25?,26?,27-/m0/s1. The van der Waals surface area contributed by atoms with Crippen LogP contribution in [0.15, 0.2) is 29.4 Å². The Bertz CT molecular complexity index is 1630. The molecule has 0 radical (unpaired) electrons. The molecule has 1 aromatic carbocycles. The van der Waals surface area contributed by atoms with Crippen molar-refractivity contribution in [3.05, 3.63) is 46.2 Å². The van der Waals surface area contributed by atoms with Crippen LogP contribution in [0.2, 0.25) is 0 Å². The molecule has 3 saturated carbocycles. The first-order valence-electron chi connectivity index (χ1n) is 13.2. The third-order valence-electron chi connectivity index (χ3n) is 9.43.